The van der Waals surface area contributed by atoms with Gasteiger partial charge in [-0.25, -0.2) is 0 Å². The Balaban J connectivity index is 0.00000363. The number of guanidine groups is 1. The zero-order chi connectivity index (χ0) is 21.9. The van der Waals surface area contributed by atoms with Gasteiger partial charge in [0.1, 0.15) is 5.75 Å². The van der Waals surface area contributed by atoms with E-state index in [2.05, 4.69) is 27.3 Å². The van der Waals surface area contributed by atoms with Gasteiger partial charge in [0, 0.05) is 39.7 Å². The summed E-state index contributed by atoms with van der Waals surface area (Å²) >= 11 is 0. The monoisotopic (exact) mass is 555 g/mol. The van der Waals surface area contributed by atoms with E-state index in [0.29, 0.717) is 37.2 Å². The molecule has 1 fully saturated rings. The second kappa shape index (κ2) is 14.2. The van der Waals surface area contributed by atoms with E-state index >= 15 is 0 Å². The van der Waals surface area contributed by atoms with Crippen molar-refractivity contribution in [3.8, 4) is 17.2 Å². The van der Waals surface area contributed by atoms with Crippen LogP contribution in [0, 0.1) is 5.92 Å². The normalized spacial score (nSPS) is 15.9. The predicted octanol–water partition coefficient (Wildman–Crippen LogP) is 4.17. The average molecular weight is 555 g/mol. The number of likely N-dealkylation sites (tertiary alicyclic amines) is 1. The van der Waals surface area contributed by atoms with Crippen LogP contribution in [-0.4, -0.2) is 65.0 Å². The Hall–Kier alpha value is -2.04. The van der Waals surface area contributed by atoms with Gasteiger partial charge >= 0.3 is 0 Å². The minimum absolute atomic E-state index is 0. The third-order valence-electron chi connectivity index (χ3n) is 5.25. The molecule has 3 rings (SSSR count). The van der Waals surface area contributed by atoms with Crippen molar-refractivity contribution in [3.05, 3.63) is 54.1 Å². The van der Waals surface area contributed by atoms with Gasteiger partial charge in [-0.3, -0.25) is 4.99 Å². The molecule has 1 aliphatic heterocycles. The molecule has 1 atom stereocenters. The van der Waals surface area contributed by atoms with Gasteiger partial charge in [0.05, 0.1) is 26.9 Å². The number of methoxy groups -OCH3 is 2. The molecule has 1 heterocycles. The molecule has 0 spiro atoms. The SMILES string of the molecule is CN=C(NCc1ccc(Oc2ccccc2OC)cc1)N1CCC(COCCOC)C1.I. The molecule has 1 N–H and O–H groups in total. The molecule has 0 aliphatic carbocycles. The van der Waals surface area contributed by atoms with E-state index in [1.165, 1.54) is 0 Å². The molecule has 2 aromatic rings. The standard InChI is InChI=1S/C24H33N3O4.HI/c1-25-24(27-13-12-20(17-27)18-30-15-14-28-2)26-16-19-8-10-21(11-9-19)31-23-7-5-4-6-22(23)29-3;/h4-11,20H,12-18H2,1-3H3,(H,25,26);1H. The second-order valence-electron chi connectivity index (χ2n) is 7.47. The van der Waals surface area contributed by atoms with Crippen LogP contribution in [0.3, 0.4) is 0 Å². The lowest BCUT2D eigenvalue weighted by molar-refractivity contribution is 0.0536. The number of hydrogen-bond donors (Lipinski definition) is 1. The molecule has 1 unspecified atom stereocenters. The summed E-state index contributed by atoms with van der Waals surface area (Å²) in [5, 5.41) is 3.47. The number of para-hydroxylation sites is 2. The summed E-state index contributed by atoms with van der Waals surface area (Å²) < 4.78 is 22.0. The van der Waals surface area contributed by atoms with E-state index in [-0.39, 0.29) is 24.0 Å². The Kier molecular flexibility index (Phi) is 11.6. The van der Waals surface area contributed by atoms with Gasteiger partial charge in [0.25, 0.3) is 0 Å². The van der Waals surface area contributed by atoms with Gasteiger partial charge in [0.2, 0.25) is 0 Å². The highest BCUT2D eigenvalue weighted by Gasteiger charge is 2.24. The Labute approximate surface area is 208 Å². The molecule has 0 saturated carbocycles. The molecule has 7 nitrogen and oxygen atoms in total. The molecule has 0 aromatic heterocycles. The molecule has 1 saturated heterocycles. The van der Waals surface area contributed by atoms with Crippen LogP contribution in [0.5, 0.6) is 17.2 Å². The fourth-order valence-corrected chi connectivity index (χ4v) is 3.57. The number of halogens is 1. The third-order valence-corrected chi connectivity index (χ3v) is 5.25. The summed E-state index contributed by atoms with van der Waals surface area (Å²) in [5.41, 5.74) is 1.16. The molecule has 0 radical (unpaired) electrons. The third kappa shape index (κ3) is 7.83. The smallest absolute Gasteiger partial charge is 0.193 e. The van der Waals surface area contributed by atoms with E-state index < -0.39 is 0 Å². The van der Waals surface area contributed by atoms with E-state index in [4.69, 9.17) is 18.9 Å². The van der Waals surface area contributed by atoms with Crippen molar-refractivity contribution in [2.45, 2.75) is 13.0 Å². The average Bonchev–Trinajstić information content (AvgIpc) is 3.27. The summed E-state index contributed by atoms with van der Waals surface area (Å²) in [6, 6.07) is 15.7. The molecule has 176 valence electrons. The Morgan fingerprint density at radius 3 is 2.50 bits per heavy atom. The first-order chi connectivity index (χ1) is 15.2. The molecule has 8 heteroatoms. The van der Waals surface area contributed by atoms with Crippen LogP contribution < -0.4 is 14.8 Å². The van der Waals surface area contributed by atoms with Crippen LogP contribution in [0.15, 0.2) is 53.5 Å². The van der Waals surface area contributed by atoms with Crippen molar-refractivity contribution < 1.29 is 18.9 Å². The Bertz CT molecular complexity index is 832. The quantitative estimate of drug-likeness (QED) is 0.206. The van der Waals surface area contributed by atoms with Gasteiger partial charge in [-0.15, -0.1) is 24.0 Å². The lowest BCUT2D eigenvalue weighted by Crippen LogP contribution is -2.39. The highest BCUT2D eigenvalue weighted by molar-refractivity contribution is 14.0. The zero-order valence-electron chi connectivity index (χ0n) is 19.1. The van der Waals surface area contributed by atoms with Crippen molar-refractivity contribution in [2.24, 2.45) is 10.9 Å². The van der Waals surface area contributed by atoms with Crippen molar-refractivity contribution in [2.75, 3.05) is 54.2 Å². The van der Waals surface area contributed by atoms with Crippen molar-refractivity contribution in [1.29, 1.82) is 0 Å². The number of rotatable bonds is 10. The zero-order valence-corrected chi connectivity index (χ0v) is 21.4. The number of ether oxygens (including phenoxy) is 4. The fourth-order valence-electron chi connectivity index (χ4n) is 3.57. The first-order valence-electron chi connectivity index (χ1n) is 10.7. The van der Waals surface area contributed by atoms with Crippen LogP contribution in [0.1, 0.15) is 12.0 Å². The van der Waals surface area contributed by atoms with E-state index in [9.17, 15) is 0 Å². The van der Waals surface area contributed by atoms with Gasteiger partial charge in [-0.05, 0) is 36.2 Å². The van der Waals surface area contributed by atoms with Crippen LogP contribution in [-0.2, 0) is 16.0 Å². The number of hydrogen-bond acceptors (Lipinski definition) is 5. The lowest BCUT2D eigenvalue weighted by Gasteiger charge is -2.22. The molecule has 32 heavy (non-hydrogen) atoms. The summed E-state index contributed by atoms with van der Waals surface area (Å²) in [6.07, 6.45) is 1.11. The summed E-state index contributed by atoms with van der Waals surface area (Å²) in [4.78, 5) is 6.75. The Morgan fingerprint density at radius 2 is 1.81 bits per heavy atom. The van der Waals surface area contributed by atoms with E-state index in [1.54, 1.807) is 14.2 Å². The number of nitrogens with one attached hydrogen (secondary N) is 1. The van der Waals surface area contributed by atoms with Gasteiger partial charge in [0.15, 0.2) is 17.5 Å². The van der Waals surface area contributed by atoms with Crippen LogP contribution in [0.4, 0.5) is 0 Å². The van der Waals surface area contributed by atoms with Crippen molar-refractivity contribution in [3.63, 3.8) is 0 Å². The number of aliphatic imine (C=N–C) groups is 1. The first kappa shape index (κ1) is 26.2. The predicted molar refractivity (Wildman–Crippen MR) is 137 cm³/mol. The second-order valence-corrected chi connectivity index (χ2v) is 7.47. The highest BCUT2D eigenvalue weighted by atomic mass is 127. The van der Waals surface area contributed by atoms with Crippen LogP contribution >= 0.6 is 24.0 Å². The van der Waals surface area contributed by atoms with Gasteiger partial charge in [-0.2, -0.15) is 0 Å². The number of nitrogens with zero attached hydrogens (tertiary/aromatic N) is 2. The Morgan fingerprint density at radius 1 is 1.06 bits per heavy atom. The largest absolute Gasteiger partial charge is 0.493 e. The van der Waals surface area contributed by atoms with Crippen LogP contribution in [0.2, 0.25) is 0 Å². The maximum absolute atomic E-state index is 5.95. The maximum atomic E-state index is 5.95. The molecular weight excluding hydrogens is 521 g/mol. The van der Waals surface area contributed by atoms with Crippen molar-refractivity contribution in [1.82, 2.24) is 10.2 Å². The van der Waals surface area contributed by atoms with E-state index in [1.807, 2.05) is 43.4 Å². The van der Waals surface area contributed by atoms with Crippen molar-refractivity contribution >= 4 is 29.9 Å². The molecule has 1 aliphatic rings. The first-order valence-corrected chi connectivity index (χ1v) is 10.7. The molecule has 0 bridgehead atoms. The topological polar surface area (TPSA) is 64.6 Å². The lowest BCUT2D eigenvalue weighted by atomic mass is 10.1. The maximum Gasteiger partial charge on any atom is 0.193 e. The van der Waals surface area contributed by atoms with Gasteiger partial charge < -0.3 is 29.2 Å². The highest BCUT2D eigenvalue weighted by Crippen LogP contribution is 2.30. The summed E-state index contributed by atoms with van der Waals surface area (Å²) in [7, 11) is 5.16. The van der Waals surface area contributed by atoms with Crippen LogP contribution in [0.25, 0.3) is 0 Å². The summed E-state index contributed by atoms with van der Waals surface area (Å²) in [6.45, 7) is 4.71. The van der Waals surface area contributed by atoms with E-state index in [0.717, 1.165) is 43.4 Å². The summed E-state index contributed by atoms with van der Waals surface area (Å²) in [5.74, 6) is 3.64. The molecular formula is C24H34IN3O4. The molecule has 2 aromatic carbocycles. The minimum atomic E-state index is 0. The van der Waals surface area contributed by atoms with Gasteiger partial charge in [-0.1, -0.05) is 24.3 Å². The fraction of sp³-hybridized carbons (Fsp3) is 0.458. The minimum Gasteiger partial charge on any atom is -0.493 e. The number of benzene rings is 2. The molecule has 0 amide bonds.